The maximum atomic E-state index is 5.35. The fourth-order valence-corrected chi connectivity index (χ4v) is 0.545. The summed E-state index contributed by atoms with van der Waals surface area (Å²) in [6, 6.07) is 0. The SMILES string of the molecule is CCC(C)CNOC(C)(C)C. The van der Waals surface area contributed by atoms with E-state index in [0.717, 1.165) is 6.54 Å². The topological polar surface area (TPSA) is 21.3 Å². The fraction of sp³-hybridized carbons (Fsp3) is 1.00. The highest BCUT2D eigenvalue weighted by molar-refractivity contribution is 4.57. The van der Waals surface area contributed by atoms with Crippen LogP contribution in [0.25, 0.3) is 0 Å². The van der Waals surface area contributed by atoms with Crippen molar-refractivity contribution in [1.29, 1.82) is 0 Å². The maximum absolute atomic E-state index is 5.35. The molecule has 0 aromatic rings. The summed E-state index contributed by atoms with van der Waals surface area (Å²) in [6.45, 7) is 11.4. The Morgan fingerprint density at radius 1 is 1.36 bits per heavy atom. The lowest BCUT2D eigenvalue weighted by molar-refractivity contribution is -0.0763. The van der Waals surface area contributed by atoms with Crippen LogP contribution in [-0.4, -0.2) is 12.1 Å². The first-order valence-corrected chi connectivity index (χ1v) is 4.36. The maximum Gasteiger partial charge on any atom is 0.0812 e. The molecule has 1 atom stereocenters. The summed E-state index contributed by atoms with van der Waals surface area (Å²) in [5.74, 6) is 0.692. The van der Waals surface area contributed by atoms with Gasteiger partial charge in [-0.1, -0.05) is 20.3 Å². The summed E-state index contributed by atoms with van der Waals surface area (Å²) >= 11 is 0. The van der Waals surface area contributed by atoms with Gasteiger partial charge in [-0.3, -0.25) is 4.84 Å². The van der Waals surface area contributed by atoms with E-state index in [1.807, 2.05) is 20.8 Å². The molecule has 0 aliphatic heterocycles. The lowest BCUT2D eigenvalue weighted by Crippen LogP contribution is -2.31. The van der Waals surface area contributed by atoms with Crippen molar-refractivity contribution in [2.45, 2.75) is 46.6 Å². The van der Waals surface area contributed by atoms with E-state index in [2.05, 4.69) is 19.3 Å². The molecule has 0 aliphatic rings. The molecule has 0 aromatic heterocycles. The minimum atomic E-state index is -0.0759. The van der Waals surface area contributed by atoms with Gasteiger partial charge in [0.2, 0.25) is 0 Å². The lowest BCUT2D eigenvalue weighted by Gasteiger charge is -2.20. The van der Waals surface area contributed by atoms with Crippen molar-refractivity contribution in [2.75, 3.05) is 6.54 Å². The summed E-state index contributed by atoms with van der Waals surface area (Å²) in [7, 11) is 0. The van der Waals surface area contributed by atoms with E-state index in [1.165, 1.54) is 6.42 Å². The molecule has 0 rings (SSSR count). The van der Waals surface area contributed by atoms with Gasteiger partial charge in [0.1, 0.15) is 0 Å². The third-order valence-electron chi connectivity index (χ3n) is 1.51. The van der Waals surface area contributed by atoms with Gasteiger partial charge in [-0.15, -0.1) is 0 Å². The molecule has 0 fully saturated rings. The predicted molar refractivity (Wildman–Crippen MR) is 48.3 cm³/mol. The van der Waals surface area contributed by atoms with Crippen molar-refractivity contribution in [3.63, 3.8) is 0 Å². The molecule has 0 aliphatic carbocycles. The largest absolute Gasteiger partial charge is 0.296 e. The summed E-state index contributed by atoms with van der Waals surface area (Å²) in [5, 5.41) is 0. The van der Waals surface area contributed by atoms with Crippen molar-refractivity contribution in [3.05, 3.63) is 0 Å². The van der Waals surface area contributed by atoms with E-state index in [1.54, 1.807) is 0 Å². The van der Waals surface area contributed by atoms with Crippen molar-refractivity contribution in [3.8, 4) is 0 Å². The molecule has 0 spiro atoms. The number of hydrogen-bond donors (Lipinski definition) is 1. The monoisotopic (exact) mass is 159 g/mol. The molecule has 68 valence electrons. The van der Waals surface area contributed by atoms with Crippen LogP contribution in [0.4, 0.5) is 0 Å². The second-order valence-corrected chi connectivity index (χ2v) is 4.08. The van der Waals surface area contributed by atoms with Gasteiger partial charge < -0.3 is 0 Å². The van der Waals surface area contributed by atoms with E-state index in [0.29, 0.717) is 5.92 Å². The van der Waals surface area contributed by atoms with Crippen LogP contribution in [0.1, 0.15) is 41.0 Å². The normalized spacial score (nSPS) is 15.0. The quantitative estimate of drug-likeness (QED) is 0.636. The van der Waals surface area contributed by atoms with Gasteiger partial charge in [0.05, 0.1) is 5.60 Å². The molecule has 0 heterocycles. The molecule has 2 nitrogen and oxygen atoms in total. The Labute approximate surface area is 70.3 Å². The van der Waals surface area contributed by atoms with E-state index >= 15 is 0 Å². The Morgan fingerprint density at radius 3 is 2.27 bits per heavy atom. The van der Waals surface area contributed by atoms with E-state index in [9.17, 15) is 0 Å². The minimum Gasteiger partial charge on any atom is -0.296 e. The predicted octanol–water partition coefficient (Wildman–Crippen LogP) is 2.35. The van der Waals surface area contributed by atoms with Crippen molar-refractivity contribution in [1.82, 2.24) is 5.48 Å². The first kappa shape index (κ1) is 10.9. The van der Waals surface area contributed by atoms with Crippen LogP contribution >= 0.6 is 0 Å². The van der Waals surface area contributed by atoms with Crippen molar-refractivity contribution < 1.29 is 4.84 Å². The standard InChI is InChI=1S/C9H21NO/c1-6-8(2)7-10-11-9(3,4)5/h8,10H,6-7H2,1-5H3. The molecule has 1 N–H and O–H groups in total. The summed E-state index contributed by atoms with van der Waals surface area (Å²) in [5.41, 5.74) is 2.90. The molecule has 0 saturated carbocycles. The number of hydrogen-bond acceptors (Lipinski definition) is 2. The summed E-state index contributed by atoms with van der Waals surface area (Å²) in [4.78, 5) is 5.35. The van der Waals surface area contributed by atoms with Crippen LogP contribution in [0, 0.1) is 5.92 Å². The lowest BCUT2D eigenvalue weighted by atomic mass is 10.1. The molecule has 2 heteroatoms. The van der Waals surface area contributed by atoms with Gasteiger partial charge in [-0.25, -0.2) is 5.48 Å². The molecule has 1 unspecified atom stereocenters. The van der Waals surface area contributed by atoms with Gasteiger partial charge in [0.25, 0.3) is 0 Å². The molecule has 0 bridgehead atoms. The van der Waals surface area contributed by atoms with E-state index in [4.69, 9.17) is 4.84 Å². The zero-order chi connectivity index (χ0) is 8.91. The van der Waals surface area contributed by atoms with E-state index < -0.39 is 0 Å². The highest BCUT2D eigenvalue weighted by Crippen LogP contribution is 2.04. The Balaban J connectivity index is 3.28. The van der Waals surface area contributed by atoms with Crippen LogP contribution in [0.15, 0.2) is 0 Å². The number of nitrogens with one attached hydrogen (secondary N) is 1. The Kier molecular flexibility index (Phi) is 4.69. The van der Waals surface area contributed by atoms with Gasteiger partial charge >= 0.3 is 0 Å². The van der Waals surface area contributed by atoms with Crippen LogP contribution in [0.3, 0.4) is 0 Å². The van der Waals surface area contributed by atoms with Crippen LogP contribution in [-0.2, 0) is 4.84 Å². The first-order valence-electron chi connectivity index (χ1n) is 4.36. The molecule has 0 amide bonds. The second kappa shape index (κ2) is 4.73. The second-order valence-electron chi connectivity index (χ2n) is 4.08. The minimum absolute atomic E-state index is 0.0759. The summed E-state index contributed by atoms with van der Waals surface area (Å²) < 4.78 is 0. The number of rotatable bonds is 4. The zero-order valence-electron chi connectivity index (χ0n) is 8.40. The molecule has 0 saturated heterocycles. The molecular formula is C9H21NO. The number of hydroxylamine groups is 1. The Morgan fingerprint density at radius 2 is 1.91 bits per heavy atom. The zero-order valence-corrected chi connectivity index (χ0v) is 8.40. The fourth-order valence-electron chi connectivity index (χ4n) is 0.545. The van der Waals surface area contributed by atoms with Gasteiger partial charge in [0, 0.05) is 6.54 Å². The van der Waals surface area contributed by atoms with Crippen molar-refractivity contribution >= 4 is 0 Å². The van der Waals surface area contributed by atoms with Gasteiger partial charge in [-0.2, -0.15) is 0 Å². The van der Waals surface area contributed by atoms with Crippen LogP contribution in [0.5, 0.6) is 0 Å². The Bertz CT molecular complexity index is 96.2. The average molecular weight is 159 g/mol. The van der Waals surface area contributed by atoms with Gasteiger partial charge in [-0.05, 0) is 26.7 Å². The molecule has 11 heavy (non-hydrogen) atoms. The van der Waals surface area contributed by atoms with Gasteiger partial charge in [0.15, 0.2) is 0 Å². The average Bonchev–Trinajstić information content (AvgIpc) is 1.85. The smallest absolute Gasteiger partial charge is 0.0812 e. The van der Waals surface area contributed by atoms with Crippen LogP contribution < -0.4 is 5.48 Å². The third kappa shape index (κ3) is 7.82. The molecular weight excluding hydrogens is 138 g/mol. The van der Waals surface area contributed by atoms with Crippen molar-refractivity contribution in [2.24, 2.45) is 5.92 Å². The van der Waals surface area contributed by atoms with E-state index in [-0.39, 0.29) is 5.60 Å². The molecule has 0 aromatic carbocycles. The highest BCUT2D eigenvalue weighted by atomic mass is 16.7. The van der Waals surface area contributed by atoms with Crippen LogP contribution in [0.2, 0.25) is 0 Å². The highest BCUT2D eigenvalue weighted by Gasteiger charge is 2.10. The Hall–Kier alpha value is -0.0800. The summed E-state index contributed by atoms with van der Waals surface area (Å²) in [6.07, 6.45) is 1.19. The molecule has 0 radical (unpaired) electrons. The first-order chi connectivity index (χ1) is 4.95. The third-order valence-corrected chi connectivity index (χ3v) is 1.51.